The average Bonchev–Trinajstić information content (AvgIpc) is 2.83. The predicted octanol–water partition coefficient (Wildman–Crippen LogP) is 1.48. The molecule has 1 atom stereocenters. The fourth-order valence-electron chi connectivity index (χ4n) is 2.50. The first-order chi connectivity index (χ1) is 7.77. The van der Waals surface area contributed by atoms with Gasteiger partial charge in [-0.25, -0.2) is 0 Å². The van der Waals surface area contributed by atoms with Gasteiger partial charge in [0.2, 0.25) is 5.91 Å². The number of rotatable bonds is 3. The quantitative estimate of drug-likeness (QED) is 0.813. The summed E-state index contributed by atoms with van der Waals surface area (Å²) in [5.74, 6) is 2.78. The van der Waals surface area contributed by atoms with Gasteiger partial charge in [-0.05, 0) is 44.1 Å². The Morgan fingerprint density at radius 1 is 1.31 bits per heavy atom. The van der Waals surface area contributed by atoms with Crippen molar-refractivity contribution >= 4 is 17.7 Å². The Labute approximate surface area is 102 Å². The Bertz CT molecular complexity index is 235. The molecule has 92 valence electrons. The number of amides is 1. The van der Waals surface area contributed by atoms with Gasteiger partial charge < -0.3 is 10.2 Å². The molecule has 3 nitrogen and oxygen atoms in total. The molecular formula is C12H22N2OS. The summed E-state index contributed by atoms with van der Waals surface area (Å²) in [6.07, 6.45) is 4.78. The minimum absolute atomic E-state index is 0.00574. The van der Waals surface area contributed by atoms with Gasteiger partial charge in [0.1, 0.15) is 0 Å². The zero-order valence-corrected chi connectivity index (χ0v) is 10.9. The molecule has 1 N–H and O–H groups in total. The number of nitrogens with zero attached hydrogens (tertiary/aromatic N) is 1. The fraction of sp³-hybridized carbons (Fsp3) is 0.917. The molecule has 1 amide bonds. The monoisotopic (exact) mass is 242 g/mol. The van der Waals surface area contributed by atoms with E-state index in [-0.39, 0.29) is 6.04 Å². The second-order valence-corrected chi connectivity index (χ2v) is 6.03. The number of hydrogen-bond acceptors (Lipinski definition) is 3. The normalized spacial score (nSPS) is 24.7. The zero-order valence-electron chi connectivity index (χ0n) is 10.1. The van der Waals surface area contributed by atoms with Crippen LogP contribution in [0.4, 0.5) is 0 Å². The van der Waals surface area contributed by atoms with Gasteiger partial charge in [0.05, 0.1) is 6.04 Å². The van der Waals surface area contributed by atoms with E-state index in [1.54, 1.807) is 0 Å². The van der Waals surface area contributed by atoms with Crippen molar-refractivity contribution in [1.82, 2.24) is 10.2 Å². The molecule has 4 heteroatoms. The summed E-state index contributed by atoms with van der Waals surface area (Å²) in [5, 5.41) is 3.49. The number of nitrogens with one attached hydrogen (secondary N) is 1. The molecule has 2 aliphatic heterocycles. The summed E-state index contributed by atoms with van der Waals surface area (Å²) in [5.41, 5.74) is 0. The number of carbonyl (C=O) groups excluding carboxylic acids is 1. The van der Waals surface area contributed by atoms with Crippen LogP contribution in [0.1, 0.15) is 32.6 Å². The molecule has 2 aliphatic rings. The van der Waals surface area contributed by atoms with E-state index in [0.717, 1.165) is 13.1 Å². The van der Waals surface area contributed by atoms with Gasteiger partial charge in [0.25, 0.3) is 0 Å². The Morgan fingerprint density at radius 2 is 1.94 bits per heavy atom. The van der Waals surface area contributed by atoms with E-state index in [4.69, 9.17) is 0 Å². The van der Waals surface area contributed by atoms with Crippen molar-refractivity contribution < 1.29 is 4.79 Å². The molecule has 0 aliphatic carbocycles. The van der Waals surface area contributed by atoms with Crippen molar-refractivity contribution in [1.29, 1.82) is 0 Å². The summed E-state index contributed by atoms with van der Waals surface area (Å²) in [4.78, 5) is 14.1. The number of likely N-dealkylation sites (tertiary alicyclic amines) is 1. The fourth-order valence-corrected chi connectivity index (χ4v) is 3.61. The van der Waals surface area contributed by atoms with Gasteiger partial charge in [0, 0.05) is 19.1 Å². The van der Waals surface area contributed by atoms with Crippen molar-refractivity contribution in [2.24, 2.45) is 0 Å². The average molecular weight is 242 g/mol. The molecule has 0 spiro atoms. The topological polar surface area (TPSA) is 32.3 Å². The molecule has 16 heavy (non-hydrogen) atoms. The molecule has 0 radical (unpaired) electrons. The highest BCUT2D eigenvalue weighted by molar-refractivity contribution is 7.99. The zero-order chi connectivity index (χ0) is 11.4. The van der Waals surface area contributed by atoms with Gasteiger partial charge in [-0.2, -0.15) is 11.8 Å². The number of carbonyl (C=O) groups is 1. The van der Waals surface area contributed by atoms with Gasteiger partial charge in [-0.3, -0.25) is 4.79 Å². The van der Waals surface area contributed by atoms with E-state index in [1.807, 2.05) is 23.6 Å². The largest absolute Gasteiger partial charge is 0.341 e. The summed E-state index contributed by atoms with van der Waals surface area (Å²) in [6.45, 7) is 3.94. The SMILES string of the molecule is CC(NC1CCSCC1)C(=O)N1CCCC1. The molecule has 0 aromatic carbocycles. The highest BCUT2D eigenvalue weighted by Gasteiger charge is 2.25. The lowest BCUT2D eigenvalue weighted by atomic mass is 10.1. The molecule has 0 aromatic heterocycles. The Morgan fingerprint density at radius 3 is 2.56 bits per heavy atom. The molecule has 2 heterocycles. The van der Waals surface area contributed by atoms with Gasteiger partial charge in [0.15, 0.2) is 0 Å². The number of hydrogen-bond donors (Lipinski definition) is 1. The van der Waals surface area contributed by atoms with Crippen LogP contribution in [0.5, 0.6) is 0 Å². The summed E-state index contributed by atoms with van der Waals surface area (Å²) in [7, 11) is 0. The maximum Gasteiger partial charge on any atom is 0.239 e. The third-order valence-electron chi connectivity index (χ3n) is 3.50. The minimum atomic E-state index is 0.00574. The van der Waals surface area contributed by atoms with E-state index in [0.29, 0.717) is 11.9 Å². The van der Waals surface area contributed by atoms with Crippen LogP contribution < -0.4 is 5.32 Å². The summed E-state index contributed by atoms with van der Waals surface area (Å²) < 4.78 is 0. The minimum Gasteiger partial charge on any atom is -0.341 e. The first-order valence-corrected chi connectivity index (χ1v) is 7.55. The van der Waals surface area contributed by atoms with Gasteiger partial charge >= 0.3 is 0 Å². The molecule has 1 unspecified atom stereocenters. The van der Waals surface area contributed by atoms with Crippen LogP contribution in [-0.2, 0) is 4.79 Å². The molecule has 0 aromatic rings. The van der Waals surface area contributed by atoms with Crippen LogP contribution in [-0.4, -0.2) is 47.5 Å². The van der Waals surface area contributed by atoms with Crippen molar-refractivity contribution in [2.45, 2.75) is 44.7 Å². The van der Waals surface area contributed by atoms with Crippen molar-refractivity contribution in [3.05, 3.63) is 0 Å². The second kappa shape index (κ2) is 5.92. The van der Waals surface area contributed by atoms with Crippen molar-refractivity contribution in [3.63, 3.8) is 0 Å². The standard InChI is InChI=1S/C12H22N2OS/c1-10(12(15)14-6-2-3-7-14)13-11-4-8-16-9-5-11/h10-11,13H,2-9H2,1H3. The van der Waals surface area contributed by atoms with Crippen molar-refractivity contribution in [2.75, 3.05) is 24.6 Å². The third kappa shape index (κ3) is 3.14. The van der Waals surface area contributed by atoms with Crippen LogP contribution in [0.15, 0.2) is 0 Å². The predicted molar refractivity (Wildman–Crippen MR) is 68.8 cm³/mol. The Hall–Kier alpha value is -0.220. The summed E-state index contributed by atoms with van der Waals surface area (Å²) in [6, 6.07) is 0.564. The van der Waals surface area contributed by atoms with Crippen LogP contribution in [0.25, 0.3) is 0 Å². The third-order valence-corrected chi connectivity index (χ3v) is 4.54. The van der Waals surface area contributed by atoms with Crippen LogP contribution in [0.3, 0.4) is 0 Å². The second-order valence-electron chi connectivity index (χ2n) is 4.81. The number of thioether (sulfide) groups is 1. The molecule has 0 bridgehead atoms. The van der Waals surface area contributed by atoms with Gasteiger partial charge in [-0.1, -0.05) is 0 Å². The first-order valence-electron chi connectivity index (χ1n) is 6.40. The van der Waals surface area contributed by atoms with E-state index < -0.39 is 0 Å². The first kappa shape index (κ1) is 12.2. The lowest BCUT2D eigenvalue weighted by molar-refractivity contribution is -0.132. The lowest BCUT2D eigenvalue weighted by Gasteiger charge is -2.28. The van der Waals surface area contributed by atoms with E-state index in [2.05, 4.69) is 5.32 Å². The van der Waals surface area contributed by atoms with Gasteiger partial charge in [-0.15, -0.1) is 0 Å². The lowest BCUT2D eigenvalue weighted by Crippen LogP contribution is -2.48. The molecular weight excluding hydrogens is 220 g/mol. The van der Waals surface area contributed by atoms with E-state index >= 15 is 0 Å². The maximum atomic E-state index is 12.1. The highest BCUT2D eigenvalue weighted by atomic mass is 32.2. The molecule has 2 rings (SSSR count). The Kier molecular flexibility index (Phi) is 4.53. The summed E-state index contributed by atoms with van der Waals surface area (Å²) >= 11 is 2.02. The van der Waals surface area contributed by atoms with Crippen LogP contribution in [0.2, 0.25) is 0 Å². The molecule has 2 saturated heterocycles. The maximum absolute atomic E-state index is 12.1. The Balaban J connectivity index is 1.77. The molecule has 2 fully saturated rings. The van der Waals surface area contributed by atoms with Crippen molar-refractivity contribution in [3.8, 4) is 0 Å². The molecule has 0 saturated carbocycles. The highest BCUT2D eigenvalue weighted by Crippen LogP contribution is 2.18. The smallest absolute Gasteiger partial charge is 0.239 e. The van der Waals surface area contributed by atoms with Crippen LogP contribution >= 0.6 is 11.8 Å². The van der Waals surface area contributed by atoms with E-state index in [1.165, 1.54) is 37.2 Å². The van der Waals surface area contributed by atoms with Crippen LogP contribution in [0, 0.1) is 0 Å². The van der Waals surface area contributed by atoms with E-state index in [9.17, 15) is 4.79 Å².